The van der Waals surface area contributed by atoms with Crippen molar-refractivity contribution in [3.8, 4) is 0 Å². The number of aliphatic hydroxyl groups is 1. The fourth-order valence-corrected chi connectivity index (χ4v) is 1.39. The summed E-state index contributed by atoms with van der Waals surface area (Å²) in [5.41, 5.74) is 0. The molecule has 6 heteroatoms. The average Bonchev–Trinajstić information content (AvgIpc) is 2.18. The molecule has 0 aromatic heterocycles. The van der Waals surface area contributed by atoms with Gasteiger partial charge in [0.15, 0.2) is 6.54 Å². The van der Waals surface area contributed by atoms with E-state index in [0.29, 0.717) is 13.1 Å². The predicted octanol–water partition coefficient (Wildman–Crippen LogP) is -0.709. The number of carbonyl (C=O) groups is 2. The molecule has 0 bridgehead atoms. The summed E-state index contributed by atoms with van der Waals surface area (Å²) in [6.45, 7) is 4.81. The van der Waals surface area contributed by atoms with Crippen molar-refractivity contribution in [1.29, 1.82) is 0 Å². The lowest BCUT2D eigenvalue weighted by atomic mass is 10.4. The van der Waals surface area contributed by atoms with Crippen LogP contribution in [-0.2, 0) is 4.79 Å². The lowest BCUT2D eigenvalue weighted by Gasteiger charge is -2.29. The monoisotopic (exact) mass is 232 g/mol. The van der Waals surface area contributed by atoms with Gasteiger partial charge in [0.25, 0.3) is 5.91 Å². The Kier molecular flexibility index (Phi) is 6.67. The third kappa shape index (κ3) is 4.59. The van der Waals surface area contributed by atoms with Gasteiger partial charge in [-0.15, -0.1) is 0 Å². The van der Waals surface area contributed by atoms with E-state index in [2.05, 4.69) is 10.6 Å². The molecule has 1 unspecified atom stereocenters. The van der Waals surface area contributed by atoms with Crippen molar-refractivity contribution in [2.75, 3.05) is 39.8 Å². The zero-order chi connectivity index (χ0) is 12.6. The molecule has 0 aliphatic heterocycles. The molecule has 0 aliphatic carbocycles. The maximum Gasteiger partial charge on any atom is 0.416 e. The van der Waals surface area contributed by atoms with E-state index in [0.717, 1.165) is 0 Å². The molecular formula is C10H22N3O3+. The molecule has 0 aromatic carbocycles. The van der Waals surface area contributed by atoms with E-state index in [1.165, 1.54) is 0 Å². The van der Waals surface area contributed by atoms with Crippen LogP contribution in [0, 0.1) is 0 Å². The van der Waals surface area contributed by atoms with Crippen LogP contribution in [0.25, 0.3) is 0 Å². The van der Waals surface area contributed by atoms with Crippen LogP contribution in [-0.4, -0.2) is 61.4 Å². The summed E-state index contributed by atoms with van der Waals surface area (Å²) in [5.74, 6) is -0.190. The van der Waals surface area contributed by atoms with Crippen LogP contribution in [0.1, 0.15) is 13.8 Å². The molecule has 94 valence electrons. The Hall–Kier alpha value is -1.14. The zero-order valence-corrected chi connectivity index (χ0v) is 10.2. The second kappa shape index (κ2) is 7.19. The third-order valence-electron chi connectivity index (χ3n) is 2.28. The second-order valence-electron chi connectivity index (χ2n) is 3.79. The summed E-state index contributed by atoms with van der Waals surface area (Å²) in [4.78, 5) is 23.2. The van der Waals surface area contributed by atoms with Gasteiger partial charge in [0, 0.05) is 13.1 Å². The van der Waals surface area contributed by atoms with Crippen molar-refractivity contribution >= 4 is 11.9 Å². The van der Waals surface area contributed by atoms with Crippen LogP contribution in [0.2, 0.25) is 0 Å². The zero-order valence-electron chi connectivity index (χ0n) is 10.2. The van der Waals surface area contributed by atoms with E-state index in [9.17, 15) is 9.59 Å². The molecule has 6 nitrogen and oxygen atoms in total. The minimum Gasteiger partial charge on any atom is -0.390 e. The SMILES string of the molecule is CCNC(=O)C[N+](C)(CCO)C(=O)NCC. The van der Waals surface area contributed by atoms with E-state index in [4.69, 9.17) is 5.11 Å². The van der Waals surface area contributed by atoms with Crippen molar-refractivity contribution in [3.63, 3.8) is 0 Å². The van der Waals surface area contributed by atoms with Gasteiger partial charge in [-0.05, 0) is 13.8 Å². The van der Waals surface area contributed by atoms with Gasteiger partial charge >= 0.3 is 6.03 Å². The Balaban J connectivity index is 4.54. The Bertz CT molecular complexity index is 245. The van der Waals surface area contributed by atoms with Gasteiger partial charge in [0.05, 0.1) is 13.7 Å². The number of quaternary nitrogens is 1. The molecule has 0 saturated carbocycles. The molecule has 0 saturated heterocycles. The topological polar surface area (TPSA) is 78.4 Å². The smallest absolute Gasteiger partial charge is 0.390 e. The Morgan fingerprint density at radius 3 is 2.19 bits per heavy atom. The summed E-state index contributed by atoms with van der Waals surface area (Å²) in [5, 5.41) is 14.2. The van der Waals surface area contributed by atoms with Crippen LogP contribution < -0.4 is 10.6 Å². The van der Waals surface area contributed by atoms with Gasteiger partial charge in [-0.25, -0.2) is 9.28 Å². The predicted molar refractivity (Wildman–Crippen MR) is 60.8 cm³/mol. The molecule has 0 aromatic rings. The summed E-state index contributed by atoms with van der Waals surface area (Å²) in [6, 6.07) is -0.247. The van der Waals surface area contributed by atoms with Gasteiger partial charge in [-0.3, -0.25) is 4.79 Å². The number of hydrogen-bond acceptors (Lipinski definition) is 3. The Morgan fingerprint density at radius 1 is 1.19 bits per heavy atom. The lowest BCUT2D eigenvalue weighted by Crippen LogP contribution is -2.59. The molecular weight excluding hydrogens is 210 g/mol. The number of rotatable bonds is 6. The first-order valence-electron chi connectivity index (χ1n) is 5.50. The van der Waals surface area contributed by atoms with Gasteiger partial charge < -0.3 is 15.7 Å². The first-order chi connectivity index (χ1) is 7.50. The van der Waals surface area contributed by atoms with E-state index >= 15 is 0 Å². The van der Waals surface area contributed by atoms with Crippen molar-refractivity contribution in [2.45, 2.75) is 13.8 Å². The van der Waals surface area contributed by atoms with Gasteiger partial charge in [-0.2, -0.15) is 0 Å². The molecule has 3 amide bonds. The molecule has 16 heavy (non-hydrogen) atoms. The number of likely N-dealkylation sites (N-methyl/N-ethyl adjacent to an activating group) is 2. The lowest BCUT2D eigenvalue weighted by molar-refractivity contribution is -0.822. The summed E-state index contributed by atoms with van der Waals surface area (Å²) >= 11 is 0. The number of aliphatic hydroxyl groups excluding tert-OH is 1. The maximum atomic E-state index is 11.8. The Morgan fingerprint density at radius 2 is 1.75 bits per heavy atom. The highest BCUT2D eigenvalue weighted by Crippen LogP contribution is 2.02. The van der Waals surface area contributed by atoms with Crippen molar-refractivity contribution in [3.05, 3.63) is 0 Å². The molecule has 3 N–H and O–H groups in total. The number of hydrogen-bond donors (Lipinski definition) is 3. The number of nitrogens with one attached hydrogen (secondary N) is 2. The van der Waals surface area contributed by atoms with Crippen molar-refractivity contribution < 1.29 is 19.2 Å². The fourth-order valence-electron chi connectivity index (χ4n) is 1.39. The molecule has 0 heterocycles. The number of carbonyl (C=O) groups excluding carboxylic acids is 2. The largest absolute Gasteiger partial charge is 0.416 e. The van der Waals surface area contributed by atoms with E-state index < -0.39 is 0 Å². The molecule has 0 aliphatic rings. The molecule has 1 atom stereocenters. The van der Waals surface area contributed by atoms with Crippen molar-refractivity contribution in [1.82, 2.24) is 10.6 Å². The highest BCUT2D eigenvalue weighted by atomic mass is 16.3. The first-order valence-corrected chi connectivity index (χ1v) is 5.50. The molecule has 0 rings (SSSR count). The fraction of sp³-hybridized carbons (Fsp3) is 0.800. The van der Waals surface area contributed by atoms with Crippen LogP contribution in [0.3, 0.4) is 0 Å². The number of nitrogens with zero attached hydrogens (tertiary/aromatic N) is 1. The highest BCUT2D eigenvalue weighted by Gasteiger charge is 2.33. The quantitative estimate of drug-likeness (QED) is 0.529. The Labute approximate surface area is 96.2 Å². The van der Waals surface area contributed by atoms with Gasteiger partial charge in [0.1, 0.15) is 6.54 Å². The number of urea groups is 1. The normalized spacial score (nSPS) is 14.0. The molecule has 0 radical (unpaired) electrons. The van der Waals surface area contributed by atoms with E-state index in [1.54, 1.807) is 7.05 Å². The third-order valence-corrected chi connectivity index (χ3v) is 2.28. The van der Waals surface area contributed by atoms with E-state index in [1.807, 2.05) is 13.8 Å². The van der Waals surface area contributed by atoms with Crippen LogP contribution >= 0.6 is 0 Å². The molecule has 0 fully saturated rings. The first kappa shape index (κ1) is 14.9. The van der Waals surface area contributed by atoms with Gasteiger partial charge in [-0.1, -0.05) is 0 Å². The van der Waals surface area contributed by atoms with Gasteiger partial charge in [0.2, 0.25) is 0 Å². The summed E-state index contributed by atoms with van der Waals surface area (Å²) in [7, 11) is 1.64. The second-order valence-corrected chi connectivity index (χ2v) is 3.79. The maximum absolute atomic E-state index is 11.8. The number of amides is 3. The van der Waals surface area contributed by atoms with Crippen LogP contribution in [0.5, 0.6) is 0 Å². The summed E-state index contributed by atoms with van der Waals surface area (Å²) < 4.78 is -0.129. The van der Waals surface area contributed by atoms with Crippen LogP contribution in [0.15, 0.2) is 0 Å². The van der Waals surface area contributed by atoms with Crippen LogP contribution in [0.4, 0.5) is 4.79 Å². The minimum absolute atomic E-state index is 0.0419. The standard InChI is InChI=1S/C10H21N3O3/c1-4-11-9(15)8-13(3,6-7-14)10(16)12-5-2/h14H,4-8H2,1-3H3,(H-,11,12,15,16)/p+1. The molecule has 0 spiro atoms. The van der Waals surface area contributed by atoms with E-state index in [-0.39, 0.29) is 36.1 Å². The highest BCUT2D eigenvalue weighted by molar-refractivity contribution is 5.79. The summed E-state index contributed by atoms with van der Waals surface area (Å²) in [6.07, 6.45) is 0. The average molecular weight is 232 g/mol. The van der Waals surface area contributed by atoms with Crippen molar-refractivity contribution in [2.24, 2.45) is 0 Å². The minimum atomic E-state index is -0.247.